The minimum Gasteiger partial charge on any atom is -0.328 e. The van der Waals surface area contributed by atoms with Gasteiger partial charge in [-0.2, -0.15) is 10.2 Å². The van der Waals surface area contributed by atoms with Crippen LogP contribution in [0.5, 0.6) is 0 Å². The van der Waals surface area contributed by atoms with Crippen molar-refractivity contribution in [3.8, 4) is 0 Å². The van der Waals surface area contributed by atoms with E-state index in [1.165, 1.54) is 0 Å². The van der Waals surface area contributed by atoms with Crippen LogP contribution in [0, 0.1) is 0 Å². The number of nitrogens with two attached hydrogens (primary N) is 1. The van der Waals surface area contributed by atoms with Gasteiger partial charge in [0, 0.05) is 12.2 Å². The van der Waals surface area contributed by atoms with Crippen molar-refractivity contribution in [3.63, 3.8) is 0 Å². The van der Waals surface area contributed by atoms with Gasteiger partial charge in [-0.05, 0) is 38.0 Å². The number of aromatic nitrogens is 2. The average Bonchev–Trinajstić information content (AvgIpc) is 2.15. The molecule has 1 rings (SSSR count). The van der Waals surface area contributed by atoms with Crippen LogP contribution in [-0.2, 0) is 0 Å². The van der Waals surface area contributed by atoms with E-state index in [2.05, 4.69) is 16.3 Å². The number of hydrogen-bond acceptors (Lipinski definition) is 3. The van der Waals surface area contributed by atoms with Crippen LogP contribution in [0.15, 0.2) is 24.4 Å². The Hall–Kier alpha value is -1.22. The molecular formula is C10H15N3. The molecule has 0 amide bonds. The molecule has 2 N–H and O–H groups in total. The lowest BCUT2D eigenvalue weighted by Crippen LogP contribution is -2.12. The van der Waals surface area contributed by atoms with Crippen molar-refractivity contribution < 1.29 is 0 Å². The average molecular weight is 177 g/mol. The van der Waals surface area contributed by atoms with Crippen molar-refractivity contribution in [1.29, 1.82) is 0 Å². The van der Waals surface area contributed by atoms with Crippen LogP contribution < -0.4 is 5.73 Å². The number of allylic oxidation sites excluding steroid dienone is 1. The molecule has 13 heavy (non-hydrogen) atoms. The minimum absolute atomic E-state index is 0.201. The van der Waals surface area contributed by atoms with E-state index < -0.39 is 0 Å². The van der Waals surface area contributed by atoms with Gasteiger partial charge in [-0.3, -0.25) is 0 Å². The summed E-state index contributed by atoms with van der Waals surface area (Å²) in [5.74, 6) is 0. The van der Waals surface area contributed by atoms with Crippen molar-refractivity contribution in [2.75, 3.05) is 0 Å². The van der Waals surface area contributed by atoms with Gasteiger partial charge in [-0.1, -0.05) is 6.08 Å². The molecule has 3 heteroatoms. The highest BCUT2D eigenvalue weighted by Gasteiger charge is 1.96. The molecule has 0 aliphatic carbocycles. The molecule has 0 fully saturated rings. The number of nitrogens with zero attached hydrogens (tertiary/aromatic N) is 2. The summed E-state index contributed by atoms with van der Waals surface area (Å²) in [7, 11) is 0. The lowest BCUT2D eigenvalue weighted by molar-refractivity contribution is 0.757. The second kappa shape index (κ2) is 4.72. The molecule has 1 aromatic rings. The Morgan fingerprint density at radius 3 is 3.00 bits per heavy atom. The third-order valence-electron chi connectivity index (χ3n) is 1.77. The Morgan fingerprint density at radius 1 is 1.69 bits per heavy atom. The van der Waals surface area contributed by atoms with Crippen molar-refractivity contribution in [2.24, 2.45) is 5.73 Å². The third-order valence-corrected chi connectivity index (χ3v) is 1.77. The molecule has 0 spiro atoms. The predicted octanol–water partition coefficient (Wildman–Crippen LogP) is 1.62. The van der Waals surface area contributed by atoms with E-state index in [1.807, 2.05) is 26.0 Å². The van der Waals surface area contributed by atoms with E-state index >= 15 is 0 Å². The topological polar surface area (TPSA) is 51.8 Å². The molecule has 3 nitrogen and oxygen atoms in total. The van der Waals surface area contributed by atoms with Crippen molar-refractivity contribution in [2.45, 2.75) is 26.3 Å². The molecule has 0 aliphatic heterocycles. The first-order valence-corrected chi connectivity index (χ1v) is 4.40. The molecule has 0 aromatic carbocycles. The van der Waals surface area contributed by atoms with Crippen molar-refractivity contribution in [1.82, 2.24) is 10.2 Å². The summed E-state index contributed by atoms with van der Waals surface area (Å²) >= 11 is 0. The smallest absolute Gasteiger partial charge is 0.0883 e. The maximum Gasteiger partial charge on any atom is 0.0883 e. The molecule has 0 saturated carbocycles. The molecular weight excluding hydrogens is 162 g/mol. The summed E-state index contributed by atoms with van der Waals surface area (Å²) < 4.78 is 0. The van der Waals surface area contributed by atoms with Gasteiger partial charge in [-0.15, -0.1) is 0 Å². The Morgan fingerprint density at radius 2 is 2.46 bits per heavy atom. The zero-order chi connectivity index (χ0) is 9.68. The Labute approximate surface area is 78.7 Å². The first kappa shape index (κ1) is 9.86. The third kappa shape index (κ3) is 3.34. The quantitative estimate of drug-likeness (QED) is 0.763. The molecule has 0 saturated heterocycles. The van der Waals surface area contributed by atoms with E-state index in [-0.39, 0.29) is 6.04 Å². The highest BCUT2D eigenvalue weighted by molar-refractivity contribution is 5.59. The van der Waals surface area contributed by atoms with Gasteiger partial charge >= 0.3 is 0 Å². The number of hydrogen-bond donors (Lipinski definition) is 1. The molecule has 0 radical (unpaired) electrons. The van der Waals surface area contributed by atoms with E-state index in [1.54, 1.807) is 6.20 Å². The summed E-state index contributed by atoms with van der Waals surface area (Å²) in [6.07, 6.45) is 4.64. The van der Waals surface area contributed by atoms with Crippen LogP contribution in [0.3, 0.4) is 0 Å². The molecule has 1 heterocycles. The summed E-state index contributed by atoms with van der Waals surface area (Å²) in [6.45, 7) is 4.01. The molecule has 70 valence electrons. The fourth-order valence-electron chi connectivity index (χ4n) is 0.979. The molecule has 0 bridgehead atoms. The van der Waals surface area contributed by atoms with E-state index in [4.69, 9.17) is 5.73 Å². The van der Waals surface area contributed by atoms with E-state index in [0.29, 0.717) is 0 Å². The van der Waals surface area contributed by atoms with Crippen LogP contribution in [-0.4, -0.2) is 16.2 Å². The summed E-state index contributed by atoms with van der Waals surface area (Å²) in [4.78, 5) is 0. The highest BCUT2D eigenvalue weighted by Crippen LogP contribution is 2.09. The second-order valence-corrected chi connectivity index (χ2v) is 3.21. The first-order valence-electron chi connectivity index (χ1n) is 4.40. The van der Waals surface area contributed by atoms with Gasteiger partial charge in [0.1, 0.15) is 0 Å². The fourth-order valence-corrected chi connectivity index (χ4v) is 0.979. The molecule has 1 atom stereocenters. The second-order valence-electron chi connectivity index (χ2n) is 3.21. The van der Waals surface area contributed by atoms with Gasteiger partial charge < -0.3 is 5.73 Å². The predicted molar refractivity (Wildman–Crippen MR) is 53.9 cm³/mol. The minimum atomic E-state index is 0.201. The van der Waals surface area contributed by atoms with Gasteiger partial charge in [0.2, 0.25) is 0 Å². The van der Waals surface area contributed by atoms with E-state index in [9.17, 15) is 0 Å². The lowest BCUT2D eigenvalue weighted by Gasteiger charge is -2.01. The molecule has 0 aliphatic rings. The van der Waals surface area contributed by atoms with Gasteiger partial charge in [0.05, 0.1) is 5.69 Å². The van der Waals surface area contributed by atoms with Crippen LogP contribution in [0.1, 0.15) is 26.0 Å². The maximum atomic E-state index is 5.64. The Bertz CT molecular complexity index is 277. The first-order chi connectivity index (χ1) is 6.20. The monoisotopic (exact) mass is 177 g/mol. The molecule has 1 aromatic heterocycles. The van der Waals surface area contributed by atoms with Crippen molar-refractivity contribution in [3.05, 3.63) is 30.1 Å². The maximum absolute atomic E-state index is 5.64. The van der Waals surface area contributed by atoms with Crippen LogP contribution in [0.4, 0.5) is 0 Å². The highest BCUT2D eigenvalue weighted by atomic mass is 15.1. The standard InChI is InChI=1S/C10H15N3/c1-8(5-6-9(2)11)10-4-3-7-12-13-10/h3-5,7,9H,6,11H2,1-2H3. The van der Waals surface area contributed by atoms with Crippen LogP contribution in [0.2, 0.25) is 0 Å². The van der Waals surface area contributed by atoms with Crippen LogP contribution >= 0.6 is 0 Å². The fraction of sp³-hybridized carbons (Fsp3) is 0.400. The van der Waals surface area contributed by atoms with Gasteiger partial charge in [-0.25, -0.2) is 0 Å². The van der Waals surface area contributed by atoms with Gasteiger partial charge in [0.25, 0.3) is 0 Å². The summed E-state index contributed by atoms with van der Waals surface area (Å²) in [5.41, 5.74) is 7.69. The van der Waals surface area contributed by atoms with Gasteiger partial charge in [0.15, 0.2) is 0 Å². The number of rotatable bonds is 3. The van der Waals surface area contributed by atoms with Crippen LogP contribution in [0.25, 0.3) is 5.57 Å². The Balaban J connectivity index is 2.68. The lowest BCUT2D eigenvalue weighted by atomic mass is 10.1. The van der Waals surface area contributed by atoms with Crippen molar-refractivity contribution >= 4 is 5.57 Å². The van der Waals surface area contributed by atoms with E-state index in [0.717, 1.165) is 17.7 Å². The summed E-state index contributed by atoms with van der Waals surface area (Å²) in [6, 6.07) is 4.03. The normalized spacial score (nSPS) is 14.2. The summed E-state index contributed by atoms with van der Waals surface area (Å²) in [5, 5.41) is 7.81. The largest absolute Gasteiger partial charge is 0.328 e. The SMILES string of the molecule is CC(=CCC(C)N)c1cccnn1. The zero-order valence-electron chi connectivity index (χ0n) is 8.07. The molecule has 1 unspecified atom stereocenters. The zero-order valence-corrected chi connectivity index (χ0v) is 8.07. The Kier molecular flexibility index (Phi) is 3.58.